The SMILES string of the molecule is CCCc1cc(NC(=O)c2cc(N)ccc2N(C)C)n[nH]1. The van der Waals surface area contributed by atoms with Gasteiger partial charge in [0, 0.05) is 37.2 Å². The molecule has 0 bridgehead atoms. The van der Waals surface area contributed by atoms with E-state index in [1.54, 1.807) is 12.1 Å². The summed E-state index contributed by atoms with van der Waals surface area (Å²) in [5, 5.41) is 9.80. The predicted octanol–water partition coefficient (Wildman–Crippen LogP) is 2.26. The Hall–Kier alpha value is -2.50. The first-order valence-electron chi connectivity index (χ1n) is 6.93. The number of rotatable bonds is 5. The summed E-state index contributed by atoms with van der Waals surface area (Å²) in [5.74, 6) is 0.302. The molecule has 0 unspecified atom stereocenters. The lowest BCUT2D eigenvalue weighted by molar-refractivity contribution is 0.102. The third kappa shape index (κ3) is 3.53. The minimum absolute atomic E-state index is 0.222. The molecule has 1 amide bonds. The molecular formula is C15H21N5O. The van der Waals surface area contributed by atoms with E-state index in [4.69, 9.17) is 5.73 Å². The van der Waals surface area contributed by atoms with Crippen LogP contribution in [0.2, 0.25) is 0 Å². The molecule has 2 aromatic rings. The maximum absolute atomic E-state index is 12.4. The summed E-state index contributed by atoms with van der Waals surface area (Å²) >= 11 is 0. The minimum Gasteiger partial charge on any atom is -0.399 e. The molecule has 0 atom stereocenters. The van der Waals surface area contributed by atoms with Gasteiger partial charge in [-0.3, -0.25) is 9.89 Å². The number of carbonyl (C=O) groups is 1. The highest BCUT2D eigenvalue weighted by atomic mass is 16.1. The van der Waals surface area contributed by atoms with Gasteiger partial charge < -0.3 is 16.0 Å². The van der Waals surface area contributed by atoms with Crippen LogP contribution in [0, 0.1) is 0 Å². The van der Waals surface area contributed by atoms with Crippen molar-refractivity contribution in [1.29, 1.82) is 0 Å². The van der Waals surface area contributed by atoms with Gasteiger partial charge in [0.2, 0.25) is 0 Å². The van der Waals surface area contributed by atoms with E-state index in [9.17, 15) is 4.79 Å². The van der Waals surface area contributed by atoms with E-state index >= 15 is 0 Å². The Morgan fingerprint density at radius 3 is 2.81 bits per heavy atom. The van der Waals surface area contributed by atoms with Crippen molar-refractivity contribution in [3.05, 3.63) is 35.5 Å². The average Bonchev–Trinajstić information content (AvgIpc) is 2.86. The van der Waals surface area contributed by atoms with E-state index in [2.05, 4.69) is 22.4 Å². The number of hydrogen-bond donors (Lipinski definition) is 3. The topological polar surface area (TPSA) is 87.0 Å². The van der Waals surface area contributed by atoms with Crippen LogP contribution >= 0.6 is 0 Å². The number of H-pyrrole nitrogens is 1. The molecular weight excluding hydrogens is 266 g/mol. The first-order valence-corrected chi connectivity index (χ1v) is 6.93. The predicted molar refractivity (Wildman–Crippen MR) is 85.7 cm³/mol. The highest BCUT2D eigenvalue weighted by Crippen LogP contribution is 2.22. The van der Waals surface area contributed by atoms with E-state index in [1.165, 1.54) is 0 Å². The van der Waals surface area contributed by atoms with Crippen molar-refractivity contribution >= 4 is 23.1 Å². The second kappa shape index (κ2) is 6.30. The summed E-state index contributed by atoms with van der Waals surface area (Å²) in [5.41, 5.74) is 8.68. The molecule has 1 aromatic carbocycles. The molecule has 1 heterocycles. The fourth-order valence-corrected chi connectivity index (χ4v) is 2.13. The number of nitrogens with zero attached hydrogens (tertiary/aromatic N) is 2. The van der Waals surface area contributed by atoms with Crippen molar-refractivity contribution in [1.82, 2.24) is 10.2 Å². The monoisotopic (exact) mass is 287 g/mol. The highest BCUT2D eigenvalue weighted by Gasteiger charge is 2.14. The van der Waals surface area contributed by atoms with Gasteiger partial charge in [0.25, 0.3) is 5.91 Å². The molecule has 0 saturated carbocycles. The van der Waals surface area contributed by atoms with Crippen molar-refractivity contribution in [2.24, 2.45) is 0 Å². The second-order valence-corrected chi connectivity index (χ2v) is 5.15. The smallest absolute Gasteiger partial charge is 0.259 e. The van der Waals surface area contributed by atoms with Gasteiger partial charge in [0.1, 0.15) is 0 Å². The van der Waals surface area contributed by atoms with Crippen LogP contribution in [0.15, 0.2) is 24.3 Å². The van der Waals surface area contributed by atoms with Gasteiger partial charge in [0.05, 0.1) is 5.56 Å². The molecule has 6 nitrogen and oxygen atoms in total. The van der Waals surface area contributed by atoms with E-state index in [0.717, 1.165) is 24.2 Å². The van der Waals surface area contributed by atoms with Gasteiger partial charge in [0.15, 0.2) is 5.82 Å². The first kappa shape index (κ1) is 14.9. The van der Waals surface area contributed by atoms with Crippen LogP contribution in [0.25, 0.3) is 0 Å². The molecule has 2 rings (SSSR count). The number of carbonyl (C=O) groups excluding carboxylic acids is 1. The Labute approximate surface area is 124 Å². The Morgan fingerprint density at radius 1 is 1.38 bits per heavy atom. The van der Waals surface area contributed by atoms with Crippen molar-refractivity contribution in [3.8, 4) is 0 Å². The number of hydrogen-bond acceptors (Lipinski definition) is 4. The lowest BCUT2D eigenvalue weighted by Crippen LogP contribution is -2.19. The number of aryl methyl sites for hydroxylation is 1. The van der Waals surface area contributed by atoms with Crippen LogP contribution in [0.3, 0.4) is 0 Å². The number of aromatic nitrogens is 2. The molecule has 4 N–H and O–H groups in total. The summed E-state index contributed by atoms with van der Waals surface area (Å²) in [6.45, 7) is 2.09. The molecule has 1 aromatic heterocycles. The summed E-state index contributed by atoms with van der Waals surface area (Å²) in [7, 11) is 3.77. The molecule has 0 saturated heterocycles. The van der Waals surface area contributed by atoms with Gasteiger partial charge in [-0.1, -0.05) is 13.3 Å². The third-order valence-corrected chi connectivity index (χ3v) is 3.14. The summed E-state index contributed by atoms with van der Waals surface area (Å²) < 4.78 is 0. The number of benzene rings is 1. The number of amides is 1. The summed E-state index contributed by atoms with van der Waals surface area (Å²) in [4.78, 5) is 14.3. The van der Waals surface area contributed by atoms with Gasteiger partial charge in [-0.05, 0) is 24.6 Å². The number of aromatic amines is 1. The quantitative estimate of drug-likeness (QED) is 0.736. The molecule has 0 fully saturated rings. The van der Waals surface area contributed by atoms with Crippen LogP contribution in [0.1, 0.15) is 29.4 Å². The zero-order chi connectivity index (χ0) is 15.4. The molecule has 0 aliphatic rings. The van der Waals surface area contributed by atoms with Crippen LogP contribution in [-0.2, 0) is 6.42 Å². The maximum atomic E-state index is 12.4. The van der Waals surface area contributed by atoms with E-state index in [-0.39, 0.29) is 5.91 Å². The molecule has 0 aliphatic heterocycles. The Morgan fingerprint density at radius 2 is 2.14 bits per heavy atom. The first-order chi connectivity index (χ1) is 10.0. The van der Waals surface area contributed by atoms with E-state index < -0.39 is 0 Å². The molecule has 6 heteroatoms. The van der Waals surface area contributed by atoms with Crippen molar-refractivity contribution in [2.75, 3.05) is 30.0 Å². The van der Waals surface area contributed by atoms with Crippen LogP contribution in [-0.4, -0.2) is 30.2 Å². The molecule has 0 spiro atoms. The van der Waals surface area contributed by atoms with Crippen molar-refractivity contribution in [2.45, 2.75) is 19.8 Å². The lowest BCUT2D eigenvalue weighted by atomic mass is 10.1. The van der Waals surface area contributed by atoms with Crippen molar-refractivity contribution in [3.63, 3.8) is 0 Å². The number of nitrogen functional groups attached to an aromatic ring is 1. The molecule has 112 valence electrons. The van der Waals surface area contributed by atoms with E-state index in [0.29, 0.717) is 17.1 Å². The number of nitrogens with one attached hydrogen (secondary N) is 2. The minimum atomic E-state index is -0.222. The second-order valence-electron chi connectivity index (χ2n) is 5.15. The van der Waals surface area contributed by atoms with Crippen LogP contribution in [0.4, 0.5) is 17.2 Å². The zero-order valence-electron chi connectivity index (χ0n) is 12.6. The van der Waals surface area contributed by atoms with Gasteiger partial charge in [-0.25, -0.2) is 0 Å². The van der Waals surface area contributed by atoms with Crippen LogP contribution < -0.4 is 16.0 Å². The van der Waals surface area contributed by atoms with Gasteiger partial charge >= 0.3 is 0 Å². The average molecular weight is 287 g/mol. The van der Waals surface area contributed by atoms with Gasteiger partial charge in [-0.2, -0.15) is 5.10 Å². The van der Waals surface area contributed by atoms with Crippen molar-refractivity contribution < 1.29 is 4.79 Å². The normalized spacial score (nSPS) is 10.4. The molecule has 21 heavy (non-hydrogen) atoms. The summed E-state index contributed by atoms with van der Waals surface area (Å²) in [6, 6.07) is 7.13. The summed E-state index contributed by atoms with van der Waals surface area (Å²) in [6.07, 6.45) is 1.93. The fraction of sp³-hybridized carbons (Fsp3) is 0.333. The number of anilines is 3. The highest BCUT2D eigenvalue weighted by molar-refractivity contribution is 6.08. The Balaban J connectivity index is 2.21. The third-order valence-electron chi connectivity index (χ3n) is 3.14. The fourth-order valence-electron chi connectivity index (χ4n) is 2.13. The lowest BCUT2D eigenvalue weighted by Gasteiger charge is -2.17. The van der Waals surface area contributed by atoms with Crippen LogP contribution in [0.5, 0.6) is 0 Å². The Kier molecular flexibility index (Phi) is 4.47. The molecule has 0 aliphatic carbocycles. The Bertz CT molecular complexity index is 633. The zero-order valence-corrected chi connectivity index (χ0v) is 12.6. The van der Waals surface area contributed by atoms with E-state index in [1.807, 2.05) is 31.1 Å². The van der Waals surface area contributed by atoms with Gasteiger partial charge in [-0.15, -0.1) is 0 Å². The standard InChI is InChI=1S/C15H21N5O/c1-4-5-11-9-14(19-18-11)17-15(21)12-8-10(16)6-7-13(12)20(2)3/h6-9H,4-5,16H2,1-3H3,(H2,17,18,19,21). The largest absolute Gasteiger partial charge is 0.399 e. The maximum Gasteiger partial charge on any atom is 0.259 e. The molecule has 0 radical (unpaired) electrons. The number of nitrogens with two attached hydrogens (primary N) is 1.